The number of aromatic nitrogens is 3. The van der Waals surface area contributed by atoms with Gasteiger partial charge in [-0.05, 0) is 59.5 Å². The number of amides is 1. The minimum absolute atomic E-state index is 0.0876. The van der Waals surface area contributed by atoms with Crippen molar-refractivity contribution in [3.05, 3.63) is 102 Å². The van der Waals surface area contributed by atoms with Crippen LogP contribution in [0.15, 0.2) is 85.3 Å². The summed E-state index contributed by atoms with van der Waals surface area (Å²) < 4.78 is 0. The zero-order valence-electron chi connectivity index (χ0n) is 17.7. The van der Waals surface area contributed by atoms with Crippen LogP contribution in [0.3, 0.4) is 0 Å². The van der Waals surface area contributed by atoms with Gasteiger partial charge in [0, 0.05) is 36.5 Å². The van der Waals surface area contributed by atoms with E-state index in [0.29, 0.717) is 24.2 Å². The number of anilines is 1. The molecule has 0 saturated heterocycles. The number of nitrogens with one attached hydrogen (secondary N) is 3. The zero-order chi connectivity index (χ0) is 23.0. The van der Waals surface area contributed by atoms with Gasteiger partial charge < -0.3 is 10.4 Å². The Balaban J connectivity index is 1.58. The lowest BCUT2D eigenvalue weighted by atomic mass is 10.0. The van der Waals surface area contributed by atoms with Gasteiger partial charge in [-0.3, -0.25) is 20.2 Å². The fourth-order valence-electron chi connectivity index (χ4n) is 3.49. The highest BCUT2D eigenvalue weighted by Gasteiger charge is 2.20. The van der Waals surface area contributed by atoms with Crippen LogP contribution in [0.4, 0.5) is 5.69 Å². The normalized spacial score (nSPS) is 11.6. The molecule has 4 rings (SSSR count). The standard InChI is InChI=1S/C25H23N5O3/c31-24(23(12-17-4-2-1-3-5-17)27-16-21-8-11-28-30-21)29-22-14-19(13-20(15-22)25(32)33)18-6-9-26-10-7-18/h1-11,13-15,23,27H,12,16H2,(H,28,30)(H,29,31)(H,32,33)/t23-/m0/s1. The molecule has 0 spiro atoms. The summed E-state index contributed by atoms with van der Waals surface area (Å²) in [5, 5.41) is 22.5. The van der Waals surface area contributed by atoms with Crippen LogP contribution >= 0.6 is 0 Å². The molecule has 2 aromatic carbocycles. The number of rotatable bonds is 9. The molecule has 1 amide bonds. The lowest BCUT2D eigenvalue weighted by molar-refractivity contribution is -0.118. The Hall–Kier alpha value is -4.30. The van der Waals surface area contributed by atoms with Crippen LogP contribution in [0.2, 0.25) is 0 Å². The molecule has 0 aliphatic heterocycles. The topological polar surface area (TPSA) is 120 Å². The van der Waals surface area contributed by atoms with Gasteiger partial charge in [0.05, 0.1) is 11.6 Å². The van der Waals surface area contributed by atoms with E-state index >= 15 is 0 Å². The quantitative estimate of drug-likeness (QED) is 0.316. The lowest BCUT2D eigenvalue weighted by Gasteiger charge is -2.19. The van der Waals surface area contributed by atoms with Crippen molar-refractivity contribution in [3.63, 3.8) is 0 Å². The van der Waals surface area contributed by atoms with Crippen molar-refractivity contribution in [2.45, 2.75) is 19.0 Å². The third-order valence-electron chi connectivity index (χ3n) is 5.16. The summed E-state index contributed by atoms with van der Waals surface area (Å²) in [5.41, 5.74) is 3.84. The first-order valence-electron chi connectivity index (χ1n) is 10.4. The third-order valence-corrected chi connectivity index (χ3v) is 5.16. The maximum Gasteiger partial charge on any atom is 0.335 e. The summed E-state index contributed by atoms with van der Waals surface area (Å²) in [4.78, 5) is 28.9. The van der Waals surface area contributed by atoms with E-state index in [9.17, 15) is 14.7 Å². The first kappa shape index (κ1) is 21.9. The van der Waals surface area contributed by atoms with E-state index in [4.69, 9.17) is 0 Å². The van der Waals surface area contributed by atoms with Crippen molar-refractivity contribution >= 4 is 17.6 Å². The highest BCUT2D eigenvalue weighted by atomic mass is 16.4. The van der Waals surface area contributed by atoms with Crippen LogP contribution in [0, 0.1) is 0 Å². The highest BCUT2D eigenvalue weighted by Crippen LogP contribution is 2.25. The van der Waals surface area contributed by atoms with E-state index in [2.05, 4.69) is 25.8 Å². The smallest absolute Gasteiger partial charge is 0.335 e. The van der Waals surface area contributed by atoms with E-state index in [1.165, 1.54) is 6.07 Å². The van der Waals surface area contributed by atoms with Crippen LogP contribution in [-0.2, 0) is 17.8 Å². The number of hydrogen-bond acceptors (Lipinski definition) is 5. The van der Waals surface area contributed by atoms with Gasteiger partial charge in [0.2, 0.25) is 5.91 Å². The molecule has 0 saturated carbocycles. The van der Waals surface area contributed by atoms with E-state index in [1.54, 1.807) is 42.9 Å². The Morgan fingerprint density at radius 3 is 2.42 bits per heavy atom. The number of pyridine rings is 1. The predicted molar refractivity (Wildman–Crippen MR) is 125 cm³/mol. The zero-order valence-corrected chi connectivity index (χ0v) is 17.7. The predicted octanol–water partition coefficient (Wildman–Crippen LogP) is 3.51. The second kappa shape index (κ2) is 10.3. The summed E-state index contributed by atoms with van der Waals surface area (Å²) in [5.74, 6) is -1.33. The van der Waals surface area contributed by atoms with Crippen molar-refractivity contribution in [2.24, 2.45) is 0 Å². The summed E-state index contributed by atoms with van der Waals surface area (Å²) >= 11 is 0. The Morgan fingerprint density at radius 1 is 0.939 bits per heavy atom. The number of hydrogen-bond donors (Lipinski definition) is 4. The number of carbonyl (C=O) groups excluding carboxylic acids is 1. The maximum absolute atomic E-state index is 13.2. The fraction of sp³-hybridized carbons (Fsp3) is 0.120. The Labute approximate surface area is 190 Å². The molecule has 4 aromatic rings. The minimum Gasteiger partial charge on any atom is -0.478 e. The molecule has 0 aliphatic rings. The molecule has 0 bridgehead atoms. The number of H-pyrrole nitrogens is 1. The van der Waals surface area contributed by atoms with Crippen molar-refractivity contribution in [1.82, 2.24) is 20.5 Å². The fourth-order valence-corrected chi connectivity index (χ4v) is 3.49. The SMILES string of the molecule is O=C(O)c1cc(NC(=O)[C@H](Cc2ccccc2)NCc2ccn[nH]2)cc(-c2ccncc2)c1. The molecule has 166 valence electrons. The van der Waals surface area contributed by atoms with E-state index in [0.717, 1.165) is 16.8 Å². The molecule has 33 heavy (non-hydrogen) atoms. The molecule has 0 unspecified atom stereocenters. The van der Waals surface area contributed by atoms with E-state index in [-0.39, 0.29) is 11.5 Å². The average Bonchev–Trinajstić information content (AvgIpc) is 3.36. The van der Waals surface area contributed by atoms with Crippen molar-refractivity contribution in [1.29, 1.82) is 0 Å². The van der Waals surface area contributed by atoms with E-state index < -0.39 is 12.0 Å². The van der Waals surface area contributed by atoms with Crippen LogP contribution in [-0.4, -0.2) is 38.2 Å². The summed E-state index contributed by atoms with van der Waals surface area (Å²) in [6.07, 6.45) is 5.39. The van der Waals surface area contributed by atoms with Gasteiger partial charge in [-0.25, -0.2) is 4.79 Å². The first-order chi connectivity index (χ1) is 16.1. The first-order valence-corrected chi connectivity index (χ1v) is 10.4. The number of carboxylic acid groups (broad SMARTS) is 1. The van der Waals surface area contributed by atoms with Gasteiger partial charge in [0.15, 0.2) is 0 Å². The van der Waals surface area contributed by atoms with Crippen LogP contribution in [0.1, 0.15) is 21.6 Å². The Morgan fingerprint density at radius 2 is 1.73 bits per heavy atom. The maximum atomic E-state index is 13.2. The molecule has 8 nitrogen and oxygen atoms in total. The van der Waals surface area contributed by atoms with Crippen LogP contribution in [0.5, 0.6) is 0 Å². The number of carbonyl (C=O) groups is 2. The molecule has 0 radical (unpaired) electrons. The molecule has 0 fully saturated rings. The average molecular weight is 441 g/mol. The summed E-state index contributed by atoms with van der Waals surface area (Å²) in [7, 11) is 0. The van der Waals surface area contributed by atoms with Crippen molar-refractivity contribution in [2.75, 3.05) is 5.32 Å². The Kier molecular flexibility index (Phi) is 6.87. The van der Waals surface area contributed by atoms with Crippen LogP contribution < -0.4 is 10.6 Å². The Bertz CT molecular complexity index is 1210. The van der Waals surface area contributed by atoms with Gasteiger partial charge in [-0.2, -0.15) is 5.10 Å². The molecule has 4 N–H and O–H groups in total. The third kappa shape index (κ3) is 5.90. The molecule has 8 heteroatoms. The monoisotopic (exact) mass is 441 g/mol. The van der Waals surface area contributed by atoms with Crippen LogP contribution in [0.25, 0.3) is 11.1 Å². The lowest BCUT2D eigenvalue weighted by Crippen LogP contribution is -2.42. The second-order valence-electron chi connectivity index (χ2n) is 7.53. The molecule has 0 aliphatic carbocycles. The molecule has 2 aromatic heterocycles. The van der Waals surface area contributed by atoms with Gasteiger partial charge in [-0.15, -0.1) is 0 Å². The van der Waals surface area contributed by atoms with Gasteiger partial charge in [-0.1, -0.05) is 30.3 Å². The molecule has 1 atom stereocenters. The number of benzene rings is 2. The second-order valence-corrected chi connectivity index (χ2v) is 7.53. The summed E-state index contributed by atoms with van der Waals surface area (Å²) in [6.45, 7) is 0.433. The number of carboxylic acids is 1. The van der Waals surface area contributed by atoms with E-state index in [1.807, 2.05) is 36.4 Å². The van der Waals surface area contributed by atoms with Crippen molar-refractivity contribution < 1.29 is 14.7 Å². The van der Waals surface area contributed by atoms with Gasteiger partial charge in [0.1, 0.15) is 0 Å². The molecular formula is C25H23N5O3. The van der Waals surface area contributed by atoms with Gasteiger partial charge >= 0.3 is 5.97 Å². The minimum atomic E-state index is -1.07. The largest absolute Gasteiger partial charge is 0.478 e. The van der Waals surface area contributed by atoms with Crippen molar-refractivity contribution in [3.8, 4) is 11.1 Å². The summed E-state index contributed by atoms with van der Waals surface area (Å²) in [6, 6.07) is 19.4. The van der Waals surface area contributed by atoms with Gasteiger partial charge in [0.25, 0.3) is 0 Å². The number of aromatic carboxylic acids is 1. The number of aromatic amines is 1. The molecule has 2 heterocycles. The highest BCUT2D eigenvalue weighted by molar-refractivity contribution is 5.98. The molecular weight excluding hydrogens is 418 g/mol. The number of nitrogens with zero attached hydrogens (tertiary/aromatic N) is 2.